The molecule has 1 rings (SSSR count). The van der Waals surface area contributed by atoms with Gasteiger partial charge in [0, 0.05) is 13.0 Å². The van der Waals surface area contributed by atoms with Crippen molar-refractivity contribution in [2.45, 2.75) is 71.0 Å². The number of carbonyl (C=O) groups is 1. The van der Waals surface area contributed by atoms with Crippen LogP contribution >= 0.6 is 0 Å². The molecule has 0 amide bonds. The van der Waals surface area contributed by atoms with E-state index >= 15 is 0 Å². The predicted octanol–water partition coefficient (Wildman–Crippen LogP) is 2.65. The third-order valence-corrected chi connectivity index (χ3v) is 8.42. The van der Waals surface area contributed by atoms with Crippen molar-refractivity contribution in [1.82, 2.24) is 5.32 Å². The van der Waals surface area contributed by atoms with Crippen LogP contribution in [0.15, 0.2) is 0 Å². The van der Waals surface area contributed by atoms with Gasteiger partial charge in [0.2, 0.25) is 0 Å². The van der Waals surface area contributed by atoms with Crippen LogP contribution in [0.4, 0.5) is 0 Å². The largest absolute Gasteiger partial charge is 0.444 e. The van der Waals surface area contributed by atoms with Crippen LogP contribution in [0, 0.1) is 0 Å². The van der Waals surface area contributed by atoms with E-state index in [1.54, 1.807) is 6.92 Å². The molecule has 106 valence electrons. The Morgan fingerprint density at radius 2 is 2.00 bits per heavy atom. The minimum Gasteiger partial charge on any atom is -0.444 e. The average molecular weight is 273 g/mol. The number of hydrogen-bond acceptors (Lipinski definition) is 4. The van der Waals surface area contributed by atoms with E-state index in [-0.39, 0.29) is 23.3 Å². The maximum absolute atomic E-state index is 11.4. The molecule has 0 aromatic rings. The van der Waals surface area contributed by atoms with Gasteiger partial charge in [0.15, 0.2) is 14.5 Å². The summed E-state index contributed by atoms with van der Waals surface area (Å²) in [7, 11) is -1.80. The SMILES string of the molecule is CCC(=O)OC1NCCC1O[Si](C)(C)C(C)(C)C. The van der Waals surface area contributed by atoms with Crippen LogP contribution < -0.4 is 5.32 Å². The first-order chi connectivity index (χ1) is 8.17. The molecule has 0 aromatic heterocycles. The van der Waals surface area contributed by atoms with Crippen molar-refractivity contribution in [2.24, 2.45) is 0 Å². The summed E-state index contributed by atoms with van der Waals surface area (Å²) < 4.78 is 11.7. The van der Waals surface area contributed by atoms with E-state index in [1.165, 1.54) is 0 Å². The van der Waals surface area contributed by atoms with E-state index in [2.05, 4.69) is 39.2 Å². The molecule has 1 N–H and O–H groups in total. The van der Waals surface area contributed by atoms with Crippen molar-refractivity contribution in [3.8, 4) is 0 Å². The van der Waals surface area contributed by atoms with Gasteiger partial charge in [-0.15, -0.1) is 0 Å². The minimum atomic E-state index is -1.80. The highest BCUT2D eigenvalue weighted by Gasteiger charge is 2.42. The fraction of sp³-hybridized carbons (Fsp3) is 0.923. The highest BCUT2D eigenvalue weighted by molar-refractivity contribution is 6.74. The Morgan fingerprint density at radius 1 is 1.39 bits per heavy atom. The van der Waals surface area contributed by atoms with Gasteiger partial charge in [0.25, 0.3) is 0 Å². The third kappa shape index (κ3) is 3.80. The summed E-state index contributed by atoms with van der Waals surface area (Å²) in [6.45, 7) is 13.8. The maximum atomic E-state index is 11.4. The average Bonchev–Trinajstić information content (AvgIpc) is 2.63. The third-order valence-electron chi connectivity index (χ3n) is 3.91. The summed E-state index contributed by atoms with van der Waals surface area (Å²) in [5, 5.41) is 3.38. The summed E-state index contributed by atoms with van der Waals surface area (Å²) in [5.41, 5.74) is 0. The van der Waals surface area contributed by atoms with Gasteiger partial charge in [0.05, 0.1) is 6.10 Å². The Bertz CT molecular complexity index is 299. The van der Waals surface area contributed by atoms with Gasteiger partial charge in [0.1, 0.15) is 0 Å². The molecule has 0 radical (unpaired) electrons. The highest BCUT2D eigenvalue weighted by Crippen LogP contribution is 2.38. The van der Waals surface area contributed by atoms with Crippen LogP contribution in [0.25, 0.3) is 0 Å². The fourth-order valence-electron chi connectivity index (χ4n) is 1.67. The first kappa shape index (κ1) is 15.7. The van der Waals surface area contributed by atoms with E-state index < -0.39 is 8.32 Å². The molecule has 1 aliphatic heterocycles. The second-order valence-corrected chi connectivity index (χ2v) is 11.2. The topological polar surface area (TPSA) is 47.6 Å². The summed E-state index contributed by atoms with van der Waals surface area (Å²) in [6, 6.07) is 0. The van der Waals surface area contributed by atoms with Crippen LogP contribution in [0.3, 0.4) is 0 Å². The lowest BCUT2D eigenvalue weighted by Crippen LogP contribution is -2.48. The van der Waals surface area contributed by atoms with E-state index in [4.69, 9.17) is 9.16 Å². The van der Waals surface area contributed by atoms with Gasteiger partial charge >= 0.3 is 5.97 Å². The number of rotatable bonds is 4. The molecule has 0 aromatic carbocycles. The number of nitrogens with one attached hydrogen (secondary N) is 1. The maximum Gasteiger partial charge on any atom is 0.307 e. The minimum absolute atomic E-state index is 0.00129. The number of carbonyl (C=O) groups excluding carboxylic acids is 1. The van der Waals surface area contributed by atoms with Crippen LogP contribution in [0.1, 0.15) is 40.5 Å². The summed E-state index contributed by atoms with van der Waals surface area (Å²) in [5.74, 6) is -0.168. The molecule has 18 heavy (non-hydrogen) atoms. The van der Waals surface area contributed by atoms with Crippen molar-refractivity contribution >= 4 is 14.3 Å². The molecule has 5 heteroatoms. The number of ether oxygens (including phenoxy) is 1. The van der Waals surface area contributed by atoms with Gasteiger partial charge < -0.3 is 9.16 Å². The van der Waals surface area contributed by atoms with Crippen molar-refractivity contribution < 1.29 is 14.0 Å². The zero-order valence-corrected chi connectivity index (χ0v) is 13.5. The van der Waals surface area contributed by atoms with E-state index in [0.717, 1.165) is 13.0 Å². The van der Waals surface area contributed by atoms with Crippen LogP contribution in [-0.2, 0) is 14.0 Å². The van der Waals surface area contributed by atoms with Crippen molar-refractivity contribution in [2.75, 3.05) is 6.54 Å². The fourth-order valence-corrected chi connectivity index (χ4v) is 3.02. The highest BCUT2D eigenvalue weighted by atomic mass is 28.4. The van der Waals surface area contributed by atoms with Crippen molar-refractivity contribution in [1.29, 1.82) is 0 Å². The quantitative estimate of drug-likeness (QED) is 0.632. The Kier molecular flexibility index (Phi) is 4.97. The standard InChI is InChI=1S/C13H27NO3Si/c1-7-11(15)16-12-10(8-9-14-12)17-18(5,6)13(2,3)4/h10,12,14H,7-9H2,1-6H3. The normalized spacial score (nSPS) is 25.2. The molecule has 1 fully saturated rings. The van der Waals surface area contributed by atoms with Gasteiger partial charge in [-0.2, -0.15) is 0 Å². The summed E-state index contributed by atoms with van der Waals surface area (Å²) in [4.78, 5) is 11.4. The molecule has 2 atom stereocenters. The molecule has 1 aliphatic rings. The zero-order valence-electron chi connectivity index (χ0n) is 12.5. The second kappa shape index (κ2) is 5.71. The lowest BCUT2D eigenvalue weighted by molar-refractivity contribution is -0.153. The number of esters is 1. The first-order valence-electron chi connectivity index (χ1n) is 6.78. The van der Waals surface area contributed by atoms with Gasteiger partial charge in [-0.25, -0.2) is 0 Å². The Hall–Kier alpha value is -0.393. The Labute approximate surface area is 112 Å². The first-order valence-corrected chi connectivity index (χ1v) is 9.69. The molecular weight excluding hydrogens is 246 g/mol. The molecule has 4 nitrogen and oxygen atoms in total. The summed E-state index contributed by atoms with van der Waals surface area (Å²) in [6.07, 6.45) is 1.05. The second-order valence-electron chi connectivity index (χ2n) is 6.42. The van der Waals surface area contributed by atoms with Crippen molar-refractivity contribution in [3.05, 3.63) is 0 Å². The van der Waals surface area contributed by atoms with E-state index in [9.17, 15) is 4.79 Å². The zero-order chi connectivity index (χ0) is 14.0. The van der Waals surface area contributed by atoms with Crippen LogP contribution in [-0.4, -0.2) is 33.2 Å². The lowest BCUT2D eigenvalue weighted by atomic mass is 10.2. The van der Waals surface area contributed by atoms with E-state index in [0.29, 0.717) is 6.42 Å². The predicted molar refractivity (Wildman–Crippen MR) is 74.9 cm³/mol. The molecule has 0 aliphatic carbocycles. The molecule has 1 saturated heterocycles. The monoisotopic (exact) mass is 273 g/mol. The van der Waals surface area contributed by atoms with Gasteiger partial charge in [-0.1, -0.05) is 27.7 Å². The van der Waals surface area contributed by atoms with Gasteiger partial charge in [-0.05, 0) is 24.6 Å². The van der Waals surface area contributed by atoms with Crippen LogP contribution in [0.2, 0.25) is 18.1 Å². The van der Waals surface area contributed by atoms with Gasteiger partial charge in [-0.3, -0.25) is 10.1 Å². The molecule has 0 saturated carbocycles. The number of hydrogen-bond donors (Lipinski definition) is 1. The summed E-state index contributed by atoms with van der Waals surface area (Å²) >= 11 is 0. The molecule has 1 heterocycles. The van der Waals surface area contributed by atoms with E-state index in [1.807, 2.05) is 0 Å². The smallest absolute Gasteiger partial charge is 0.307 e. The Morgan fingerprint density at radius 3 is 2.50 bits per heavy atom. The molecule has 2 unspecified atom stereocenters. The lowest BCUT2D eigenvalue weighted by Gasteiger charge is -2.39. The van der Waals surface area contributed by atoms with Crippen molar-refractivity contribution in [3.63, 3.8) is 0 Å². The molecule has 0 bridgehead atoms. The van der Waals surface area contributed by atoms with Crippen LogP contribution in [0.5, 0.6) is 0 Å². The molecular formula is C13H27NO3Si. The molecule has 0 spiro atoms. The Balaban J connectivity index is 2.63.